The Balaban J connectivity index is 3.53. The molecule has 0 bridgehead atoms. The van der Waals surface area contributed by atoms with Gasteiger partial charge in [0.2, 0.25) is 0 Å². The number of hydrogen-bond acceptors (Lipinski definition) is 4. The lowest BCUT2D eigenvalue weighted by Gasteiger charge is -2.08. The van der Waals surface area contributed by atoms with Gasteiger partial charge in [-0.05, 0) is 6.92 Å². The molecule has 0 aliphatic rings. The van der Waals surface area contributed by atoms with Gasteiger partial charge in [-0.2, -0.15) is 5.26 Å². The Labute approximate surface area is 65.0 Å². The first-order valence-corrected chi connectivity index (χ1v) is 3.04. The molecule has 0 fully saturated rings. The third-order valence-corrected chi connectivity index (χ3v) is 0.867. The Bertz CT molecular complexity index is 183. The molecular formula is C7H9NO3. The molecule has 60 valence electrons. The van der Waals surface area contributed by atoms with Crippen molar-refractivity contribution >= 4 is 5.97 Å². The number of ether oxygens (including phenoxy) is 2. The van der Waals surface area contributed by atoms with Crippen LogP contribution in [0, 0.1) is 11.5 Å². The monoisotopic (exact) mass is 155 g/mol. The van der Waals surface area contributed by atoms with E-state index in [9.17, 15) is 4.79 Å². The largest absolute Gasteiger partial charge is 0.456 e. The molecule has 0 amide bonds. The van der Waals surface area contributed by atoms with Gasteiger partial charge in [0.25, 0.3) is 6.26 Å². The summed E-state index contributed by atoms with van der Waals surface area (Å²) in [6, 6.07) is 0. The van der Waals surface area contributed by atoms with Crippen LogP contribution in [0.4, 0.5) is 0 Å². The molecule has 0 aliphatic heterocycles. The van der Waals surface area contributed by atoms with Crippen molar-refractivity contribution in [3.05, 3.63) is 12.7 Å². The fraction of sp³-hybridized carbons (Fsp3) is 0.429. The van der Waals surface area contributed by atoms with Gasteiger partial charge in [-0.1, -0.05) is 6.58 Å². The van der Waals surface area contributed by atoms with Gasteiger partial charge in [-0.15, -0.1) is 0 Å². The highest BCUT2D eigenvalue weighted by Crippen LogP contribution is 1.92. The number of esters is 1. The van der Waals surface area contributed by atoms with Gasteiger partial charge in [0.1, 0.15) is 12.7 Å². The van der Waals surface area contributed by atoms with Crippen LogP contribution in [0.5, 0.6) is 0 Å². The van der Waals surface area contributed by atoms with Crippen molar-refractivity contribution in [1.82, 2.24) is 0 Å². The highest BCUT2D eigenvalue weighted by atomic mass is 16.6. The maximum atomic E-state index is 10.5. The molecule has 4 heteroatoms. The van der Waals surface area contributed by atoms with E-state index in [0.29, 0.717) is 0 Å². The standard InChI is InChI=1S/C7H9NO3/c1-3-7(9)11-6(2)4-10-5-8/h3,6H,1,4H2,2H3. The normalized spacial score (nSPS) is 10.9. The van der Waals surface area contributed by atoms with Crippen molar-refractivity contribution in [2.75, 3.05) is 6.61 Å². The van der Waals surface area contributed by atoms with Gasteiger partial charge in [0, 0.05) is 6.08 Å². The quantitative estimate of drug-likeness (QED) is 0.339. The predicted octanol–water partition coefficient (Wildman–Crippen LogP) is 0.602. The van der Waals surface area contributed by atoms with Crippen LogP contribution in [0.3, 0.4) is 0 Å². The molecule has 0 aromatic rings. The van der Waals surface area contributed by atoms with Crippen LogP contribution in [0.25, 0.3) is 0 Å². The average molecular weight is 155 g/mol. The number of nitrogens with zero attached hydrogens (tertiary/aromatic N) is 1. The molecule has 0 rings (SSSR count). The van der Waals surface area contributed by atoms with E-state index in [1.165, 1.54) is 6.26 Å². The highest BCUT2D eigenvalue weighted by Gasteiger charge is 2.05. The fourth-order valence-corrected chi connectivity index (χ4v) is 0.435. The summed E-state index contributed by atoms with van der Waals surface area (Å²) < 4.78 is 9.00. The van der Waals surface area contributed by atoms with Crippen molar-refractivity contribution in [3.63, 3.8) is 0 Å². The minimum Gasteiger partial charge on any atom is -0.456 e. The van der Waals surface area contributed by atoms with E-state index in [4.69, 9.17) is 5.26 Å². The van der Waals surface area contributed by atoms with Crippen molar-refractivity contribution in [1.29, 1.82) is 5.26 Å². The second-order valence-corrected chi connectivity index (χ2v) is 1.85. The number of nitriles is 1. The molecule has 0 heterocycles. The van der Waals surface area contributed by atoms with Crippen LogP contribution in [0.2, 0.25) is 0 Å². The topological polar surface area (TPSA) is 59.3 Å². The summed E-state index contributed by atoms with van der Waals surface area (Å²) >= 11 is 0. The molecule has 1 unspecified atom stereocenters. The van der Waals surface area contributed by atoms with Gasteiger partial charge >= 0.3 is 5.97 Å². The number of carbonyl (C=O) groups excluding carboxylic acids is 1. The lowest BCUT2D eigenvalue weighted by atomic mass is 10.4. The smallest absolute Gasteiger partial charge is 0.330 e. The molecule has 1 atom stereocenters. The van der Waals surface area contributed by atoms with E-state index in [0.717, 1.165) is 6.08 Å². The molecule has 4 nitrogen and oxygen atoms in total. The number of hydrogen-bond donors (Lipinski definition) is 0. The minimum atomic E-state index is -0.515. The second kappa shape index (κ2) is 5.30. The van der Waals surface area contributed by atoms with E-state index >= 15 is 0 Å². The van der Waals surface area contributed by atoms with E-state index in [-0.39, 0.29) is 6.61 Å². The zero-order valence-corrected chi connectivity index (χ0v) is 6.24. The van der Waals surface area contributed by atoms with Crippen LogP contribution >= 0.6 is 0 Å². The van der Waals surface area contributed by atoms with Gasteiger partial charge in [-0.3, -0.25) is 0 Å². The molecule has 0 spiro atoms. The molecule has 0 aromatic carbocycles. The first-order chi connectivity index (χ1) is 5.20. The van der Waals surface area contributed by atoms with Crippen LogP contribution in [0.15, 0.2) is 12.7 Å². The van der Waals surface area contributed by atoms with Crippen LogP contribution in [-0.2, 0) is 14.3 Å². The van der Waals surface area contributed by atoms with Gasteiger partial charge in [0.15, 0.2) is 0 Å². The number of carbonyl (C=O) groups is 1. The summed E-state index contributed by atoms with van der Waals surface area (Å²) in [6.07, 6.45) is 2.11. The number of rotatable bonds is 4. The summed E-state index contributed by atoms with van der Waals surface area (Å²) in [5, 5.41) is 7.97. The first-order valence-electron chi connectivity index (χ1n) is 3.04. The Morgan fingerprint density at radius 2 is 2.55 bits per heavy atom. The lowest BCUT2D eigenvalue weighted by Crippen LogP contribution is -2.17. The molecule has 0 aromatic heterocycles. The molecule has 0 saturated carbocycles. The fourth-order valence-electron chi connectivity index (χ4n) is 0.435. The third-order valence-electron chi connectivity index (χ3n) is 0.867. The van der Waals surface area contributed by atoms with Crippen molar-refractivity contribution < 1.29 is 14.3 Å². The first kappa shape index (κ1) is 9.50. The average Bonchev–Trinajstić information content (AvgIpc) is 2.00. The van der Waals surface area contributed by atoms with Crippen molar-refractivity contribution in [2.24, 2.45) is 0 Å². The molecule has 0 N–H and O–H groups in total. The summed E-state index contributed by atoms with van der Waals surface area (Å²) in [7, 11) is 0. The SMILES string of the molecule is C=CC(=O)OC(C)COC#N. The van der Waals surface area contributed by atoms with Crippen LogP contribution in [0.1, 0.15) is 6.92 Å². The Morgan fingerprint density at radius 1 is 1.91 bits per heavy atom. The van der Waals surface area contributed by atoms with E-state index in [2.05, 4.69) is 16.1 Å². The second-order valence-electron chi connectivity index (χ2n) is 1.85. The minimum absolute atomic E-state index is 0.0794. The maximum Gasteiger partial charge on any atom is 0.330 e. The summed E-state index contributed by atoms with van der Waals surface area (Å²) in [5.41, 5.74) is 0. The van der Waals surface area contributed by atoms with Crippen LogP contribution < -0.4 is 0 Å². The summed E-state index contributed by atoms with van der Waals surface area (Å²) in [5.74, 6) is -0.515. The maximum absolute atomic E-state index is 10.5. The van der Waals surface area contributed by atoms with Gasteiger partial charge in [0.05, 0.1) is 0 Å². The Hall–Kier alpha value is -1.50. The third kappa shape index (κ3) is 4.97. The zero-order chi connectivity index (χ0) is 8.69. The van der Waals surface area contributed by atoms with Crippen LogP contribution in [-0.4, -0.2) is 18.7 Å². The summed E-state index contributed by atoms with van der Waals surface area (Å²) in [6.45, 7) is 4.92. The molecule has 11 heavy (non-hydrogen) atoms. The lowest BCUT2D eigenvalue weighted by molar-refractivity contribution is -0.143. The highest BCUT2D eigenvalue weighted by molar-refractivity contribution is 5.81. The molecule has 0 saturated heterocycles. The van der Waals surface area contributed by atoms with E-state index in [1.807, 2.05) is 0 Å². The summed E-state index contributed by atoms with van der Waals surface area (Å²) in [4.78, 5) is 10.5. The predicted molar refractivity (Wildman–Crippen MR) is 37.3 cm³/mol. The Morgan fingerprint density at radius 3 is 3.00 bits per heavy atom. The van der Waals surface area contributed by atoms with Gasteiger partial charge in [-0.25, -0.2) is 4.79 Å². The molecular weight excluding hydrogens is 146 g/mol. The van der Waals surface area contributed by atoms with E-state index < -0.39 is 12.1 Å². The van der Waals surface area contributed by atoms with Gasteiger partial charge < -0.3 is 9.47 Å². The van der Waals surface area contributed by atoms with Crippen molar-refractivity contribution in [3.8, 4) is 6.26 Å². The molecule has 0 radical (unpaired) electrons. The molecule has 0 aliphatic carbocycles. The van der Waals surface area contributed by atoms with E-state index in [1.54, 1.807) is 6.92 Å². The van der Waals surface area contributed by atoms with Crippen molar-refractivity contribution in [2.45, 2.75) is 13.0 Å². The zero-order valence-electron chi connectivity index (χ0n) is 6.24. The Kier molecular flexibility index (Phi) is 4.58.